The van der Waals surface area contributed by atoms with Crippen LogP contribution in [0.2, 0.25) is 0 Å². The van der Waals surface area contributed by atoms with E-state index in [1.165, 1.54) is 51.4 Å². The SMILES string of the molecule is C[C@H]1CC[C@@]2(C)C(=CCC3C2CC[C@@]2(C)C3CC[C@@H]2[C@H](C)O)C1. The number of hydrogen-bond acceptors (Lipinski definition) is 1. The first kappa shape index (κ1) is 16.2. The van der Waals surface area contributed by atoms with Crippen LogP contribution in [0.25, 0.3) is 0 Å². The van der Waals surface area contributed by atoms with Crippen LogP contribution in [0, 0.1) is 40.4 Å². The quantitative estimate of drug-likeness (QED) is 0.626. The standard InChI is InChI=1S/C22H36O/c1-14-9-11-21(3)16(13-14)5-6-17-19-8-7-18(15(2)23)22(19,4)12-10-20(17)21/h5,14-15,17-20,23H,6-13H2,1-4H3/t14-,15-,17?,18+,19?,20?,21-,22+/m0/s1. The number of hydrogen-bond donors (Lipinski definition) is 1. The molecule has 3 fully saturated rings. The Balaban J connectivity index is 1.65. The fourth-order valence-electron chi connectivity index (χ4n) is 7.68. The van der Waals surface area contributed by atoms with E-state index in [-0.39, 0.29) is 6.10 Å². The van der Waals surface area contributed by atoms with E-state index in [0.29, 0.717) is 16.7 Å². The summed E-state index contributed by atoms with van der Waals surface area (Å²) in [5.41, 5.74) is 2.71. The Kier molecular flexibility index (Phi) is 3.76. The lowest BCUT2D eigenvalue weighted by atomic mass is 9.47. The second kappa shape index (κ2) is 5.35. The summed E-state index contributed by atoms with van der Waals surface area (Å²) in [6.07, 6.45) is 13.5. The Morgan fingerprint density at radius 1 is 1.09 bits per heavy atom. The van der Waals surface area contributed by atoms with Gasteiger partial charge in [0.2, 0.25) is 0 Å². The number of aliphatic hydroxyl groups is 1. The highest BCUT2D eigenvalue weighted by Crippen LogP contribution is 2.66. The lowest BCUT2D eigenvalue weighted by Gasteiger charge is -2.58. The molecule has 130 valence electrons. The summed E-state index contributed by atoms with van der Waals surface area (Å²) in [4.78, 5) is 0. The van der Waals surface area contributed by atoms with Gasteiger partial charge in [0.05, 0.1) is 6.10 Å². The van der Waals surface area contributed by atoms with Gasteiger partial charge in [-0.25, -0.2) is 0 Å². The van der Waals surface area contributed by atoms with Crippen LogP contribution in [0.4, 0.5) is 0 Å². The zero-order valence-corrected chi connectivity index (χ0v) is 15.6. The van der Waals surface area contributed by atoms with Gasteiger partial charge in [0.15, 0.2) is 0 Å². The molecule has 0 aromatic carbocycles. The van der Waals surface area contributed by atoms with Crippen LogP contribution in [-0.4, -0.2) is 11.2 Å². The number of rotatable bonds is 1. The van der Waals surface area contributed by atoms with Crippen molar-refractivity contribution in [1.29, 1.82) is 0 Å². The minimum Gasteiger partial charge on any atom is -0.393 e. The summed E-state index contributed by atoms with van der Waals surface area (Å²) >= 11 is 0. The average Bonchev–Trinajstić information content (AvgIpc) is 2.85. The zero-order chi connectivity index (χ0) is 16.4. The third-order valence-corrected chi connectivity index (χ3v) is 9.01. The van der Waals surface area contributed by atoms with Gasteiger partial charge in [0.25, 0.3) is 0 Å². The summed E-state index contributed by atoms with van der Waals surface area (Å²) in [6.45, 7) is 9.59. The van der Waals surface area contributed by atoms with Gasteiger partial charge in [-0.1, -0.05) is 32.4 Å². The third-order valence-electron chi connectivity index (χ3n) is 9.01. The Bertz CT molecular complexity index is 506. The summed E-state index contributed by atoms with van der Waals surface area (Å²) < 4.78 is 0. The van der Waals surface area contributed by atoms with E-state index in [2.05, 4.69) is 26.8 Å². The van der Waals surface area contributed by atoms with Crippen LogP contribution in [0.5, 0.6) is 0 Å². The molecule has 4 rings (SSSR count). The molecule has 3 unspecified atom stereocenters. The fourth-order valence-corrected chi connectivity index (χ4v) is 7.68. The molecule has 0 heterocycles. The second-order valence-electron chi connectivity index (χ2n) is 10.1. The minimum absolute atomic E-state index is 0.123. The normalized spacial score (nSPS) is 53.8. The fraction of sp³-hybridized carbons (Fsp3) is 0.909. The average molecular weight is 317 g/mol. The van der Waals surface area contributed by atoms with Crippen LogP contribution < -0.4 is 0 Å². The van der Waals surface area contributed by atoms with Crippen molar-refractivity contribution < 1.29 is 5.11 Å². The molecule has 0 aromatic rings. The molecule has 23 heavy (non-hydrogen) atoms. The molecular weight excluding hydrogens is 280 g/mol. The van der Waals surface area contributed by atoms with Crippen molar-refractivity contribution in [3.05, 3.63) is 11.6 Å². The van der Waals surface area contributed by atoms with E-state index in [1.54, 1.807) is 0 Å². The Morgan fingerprint density at radius 2 is 1.87 bits per heavy atom. The first-order valence-electron chi connectivity index (χ1n) is 10.2. The molecule has 3 saturated carbocycles. The van der Waals surface area contributed by atoms with E-state index in [0.717, 1.165) is 23.7 Å². The van der Waals surface area contributed by atoms with E-state index < -0.39 is 0 Å². The molecule has 8 atom stereocenters. The Hall–Kier alpha value is -0.300. The maximum absolute atomic E-state index is 10.3. The molecule has 1 heteroatoms. The number of aliphatic hydroxyl groups excluding tert-OH is 1. The second-order valence-corrected chi connectivity index (χ2v) is 10.1. The monoisotopic (exact) mass is 316 g/mol. The summed E-state index contributed by atoms with van der Waals surface area (Å²) in [6, 6.07) is 0. The van der Waals surface area contributed by atoms with Crippen LogP contribution in [0.15, 0.2) is 11.6 Å². The lowest BCUT2D eigenvalue weighted by Crippen LogP contribution is -2.50. The van der Waals surface area contributed by atoms with Crippen molar-refractivity contribution in [1.82, 2.24) is 0 Å². The van der Waals surface area contributed by atoms with Crippen molar-refractivity contribution in [2.75, 3.05) is 0 Å². The van der Waals surface area contributed by atoms with E-state index in [9.17, 15) is 5.11 Å². The first-order chi connectivity index (χ1) is 10.9. The molecule has 0 bridgehead atoms. The van der Waals surface area contributed by atoms with Gasteiger partial charge in [0.1, 0.15) is 0 Å². The molecule has 1 N–H and O–H groups in total. The third kappa shape index (κ3) is 2.21. The Labute approximate surface area is 142 Å². The van der Waals surface area contributed by atoms with Crippen molar-refractivity contribution in [2.24, 2.45) is 40.4 Å². The lowest BCUT2D eigenvalue weighted by molar-refractivity contribution is -0.0637. The predicted molar refractivity (Wildman–Crippen MR) is 96.0 cm³/mol. The highest BCUT2D eigenvalue weighted by Gasteiger charge is 2.58. The number of allylic oxidation sites excluding steroid dienone is 2. The molecular formula is C22H36O. The smallest absolute Gasteiger partial charge is 0.0545 e. The van der Waals surface area contributed by atoms with E-state index >= 15 is 0 Å². The highest BCUT2D eigenvalue weighted by molar-refractivity contribution is 5.25. The molecule has 0 aromatic heterocycles. The maximum atomic E-state index is 10.3. The van der Waals surface area contributed by atoms with Crippen molar-refractivity contribution >= 4 is 0 Å². The topological polar surface area (TPSA) is 20.2 Å². The van der Waals surface area contributed by atoms with Gasteiger partial charge in [-0.2, -0.15) is 0 Å². The molecule has 1 nitrogen and oxygen atoms in total. The van der Waals surface area contributed by atoms with Crippen LogP contribution >= 0.6 is 0 Å². The van der Waals surface area contributed by atoms with Gasteiger partial charge < -0.3 is 5.11 Å². The van der Waals surface area contributed by atoms with Crippen LogP contribution in [-0.2, 0) is 0 Å². The molecule has 0 spiro atoms. The van der Waals surface area contributed by atoms with E-state index in [1.807, 2.05) is 12.5 Å². The molecule has 4 aliphatic carbocycles. The van der Waals surface area contributed by atoms with Crippen molar-refractivity contribution in [2.45, 2.75) is 85.2 Å². The largest absolute Gasteiger partial charge is 0.393 e. The summed E-state index contributed by atoms with van der Waals surface area (Å²) in [5, 5.41) is 10.3. The van der Waals surface area contributed by atoms with Crippen LogP contribution in [0.1, 0.15) is 79.1 Å². The van der Waals surface area contributed by atoms with Gasteiger partial charge >= 0.3 is 0 Å². The number of fused-ring (bicyclic) bond motifs is 5. The van der Waals surface area contributed by atoms with E-state index in [4.69, 9.17) is 0 Å². The predicted octanol–water partition coefficient (Wildman–Crippen LogP) is 5.58. The molecule has 0 aliphatic heterocycles. The maximum Gasteiger partial charge on any atom is 0.0545 e. The summed E-state index contributed by atoms with van der Waals surface area (Å²) in [5.74, 6) is 4.10. The van der Waals surface area contributed by atoms with Crippen LogP contribution in [0.3, 0.4) is 0 Å². The minimum atomic E-state index is -0.123. The van der Waals surface area contributed by atoms with Gasteiger partial charge in [-0.3, -0.25) is 0 Å². The van der Waals surface area contributed by atoms with Gasteiger partial charge in [0, 0.05) is 0 Å². The van der Waals surface area contributed by atoms with Gasteiger partial charge in [-0.15, -0.1) is 0 Å². The zero-order valence-electron chi connectivity index (χ0n) is 15.6. The van der Waals surface area contributed by atoms with Gasteiger partial charge in [-0.05, 0) is 98.7 Å². The molecule has 0 saturated heterocycles. The molecule has 4 aliphatic rings. The molecule has 0 amide bonds. The van der Waals surface area contributed by atoms with Crippen molar-refractivity contribution in [3.8, 4) is 0 Å². The first-order valence-corrected chi connectivity index (χ1v) is 10.2. The Morgan fingerprint density at radius 3 is 2.61 bits per heavy atom. The highest BCUT2D eigenvalue weighted by atomic mass is 16.3. The summed E-state index contributed by atoms with van der Waals surface area (Å²) in [7, 11) is 0. The van der Waals surface area contributed by atoms with Crippen molar-refractivity contribution in [3.63, 3.8) is 0 Å². The molecule has 0 radical (unpaired) electrons.